The van der Waals surface area contributed by atoms with E-state index in [0.717, 1.165) is 0 Å². The number of aromatic nitrogens is 1. The second-order valence-electron chi connectivity index (χ2n) is 2.74. The normalized spacial score (nSPS) is 10.4. The van der Waals surface area contributed by atoms with Gasteiger partial charge in [-0.25, -0.2) is 13.8 Å². The Labute approximate surface area is 103 Å². The topological polar surface area (TPSA) is 36.7 Å². The Hall–Kier alpha value is -0.540. The fraction of sp³-hybridized carbons (Fsp3) is 0.333. The summed E-state index contributed by atoms with van der Waals surface area (Å²) in [6.45, 7) is 0. The molecule has 0 saturated carbocycles. The van der Waals surface area contributed by atoms with Crippen molar-refractivity contribution in [1.82, 2.24) is 4.98 Å². The van der Waals surface area contributed by atoms with Crippen molar-refractivity contribution < 1.29 is 8.78 Å². The van der Waals surface area contributed by atoms with Crippen LogP contribution in [-0.2, 0) is 11.8 Å². The van der Waals surface area contributed by atoms with Crippen LogP contribution in [0.3, 0.4) is 0 Å². The minimum atomic E-state index is -2.59. The lowest BCUT2D eigenvalue weighted by Gasteiger charge is -2.09. The molecular formula is C9H6Br2F2N2. The predicted molar refractivity (Wildman–Crippen MR) is 58.8 cm³/mol. The molecule has 0 unspecified atom stereocenters. The van der Waals surface area contributed by atoms with Gasteiger partial charge in [0.05, 0.1) is 18.2 Å². The summed E-state index contributed by atoms with van der Waals surface area (Å²) in [6.07, 6.45) is -2.67. The lowest BCUT2D eigenvalue weighted by molar-refractivity contribution is 0.150. The number of hydrogen-bond donors (Lipinski definition) is 0. The highest BCUT2D eigenvalue weighted by Gasteiger charge is 2.17. The van der Waals surface area contributed by atoms with Crippen molar-refractivity contribution in [3.05, 3.63) is 27.5 Å². The molecule has 0 saturated heterocycles. The SMILES string of the molecule is N#CCc1c(C(F)F)cc(CBr)nc1Br. The van der Waals surface area contributed by atoms with Crippen molar-refractivity contribution in [3.8, 4) is 6.07 Å². The van der Waals surface area contributed by atoms with Crippen molar-refractivity contribution in [1.29, 1.82) is 5.26 Å². The van der Waals surface area contributed by atoms with E-state index in [1.807, 2.05) is 6.07 Å². The van der Waals surface area contributed by atoms with Gasteiger partial charge in [0.1, 0.15) is 4.60 Å². The standard InChI is InChI=1S/C9H6Br2F2N2/c10-4-5-3-7(9(12)13)6(1-2-14)8(11)15-5/h3,9H,1,4H2. The van der Waals surface area contributed by atoms with E-state index in [4.69, 9.17) is 5.26 Å². The molecule has 0 radical (unpaired) electrons. The van der Waals surface area contributed by atoms with Gasteiger partial charge in [-0.1, -0.05) is 15.9 Å². The quantitative estimate of drug-likeness (QED) is 0.621. The smallest absolute Gasteiger partial charge is 0.245 e. The molecule has 0 fully saturated rings. The fourth-order valence-corrected chi connectivity index (χ4v) is 2.01. The summed E-state index contributed by atoms with van der Waals surface area (Å²) in [5.74, 6) is 0. The van der Waals surface area contributed by atoms with Crippen molar-refractivity contribution in [3.63, 3.8) is 0 Å². The van der Waals surface area contributed by atoms with Crippen LogP contribution in [0.25, 0.3) is 0 Å². The first-order valence-electron chi connectivity index (χ1n) is 3.99. The van der Waals surface area contributed by atoms with E-state index in [9.17, 15) is 8.78 Å². The second kappa shape index (κ2) is 5.52. The summed E-state index contributed by atoms with van der Waals surface area (Å²) >= 11 is 6.24. The molecule has 0 N–H and O–H groups in total. The van der Waals surface area contributed by atoms with E-state index in [1.54, 1.807) is 0 Å². The highest BCUT2D eigenvalue weighted by atomic mass is 79.9. The van der Waals surface area contributed by atoms with Crippen LogP contribution in [-0.4, -0.2) is 4.98 Å². The minimum Gasteiger partial charge on any atom is -0.245 e. The third-order valence-corrected chi connectivity index (χ3v) is 3.02. The zero-order chi connectivity index (χ0) is 11.4. The van der Waals surface area contributed by atoms with E-state index in [-0.39, 0.29) is 17.5 Å². The third kappa shape index (κ3) is 2.95. The Morgan fingerprint density at radius 3 is 2.67 bits per heavy atom. The molecule has 0 aliphatic heterocycles. The Bertz CT molecular complexity index is 402. The van der Waals surface area contributed by atoms with Gasteiger partial charge in [0.15, 0.2) is 0 Å². The van der Waals surface area contributed by atoms with Crippen LogP contribution in [0, 0.1) is 11.3 Å². The van der Waals surface area contributed by atoms with Gasteiger partial charge in [0.2, 0.25) is 0 Å². The zero-order valence-corrected chi connectivity index (χ0v) is 10.6. The molecule has 6 heteroatoms. The first kappa shape index (κ1) is 12.5. The van der Waals surface area contributed by atoms with Crippen LogP contribution in [0.4, 0.5) is 8.78 Å². The monoisotopic (exact) mass is 338 g/mol. The molecule has 0 amide bonds. The summed E-state index contributed by atoms with van der Waals surface area (Å²) in [5, 5.41) is 8.93. The van der Waals surface area contributed by atoms with E-state index >= 15 is 0 Å². The molecule has 0 bridgehead atoms. The highest BCUT2D eigenvalue weighted by Crippen LogP contribution is 2.29. The van der Waals surface area contributed by atoms with Gasteiger partial charge in [0.25, 0.3) is 6.43 Å². The van der Waals surface area contributed by atoms with Gasteiger partial charge in [-0.15, -0.1) is 0 Å². The first-order valence-corrected chi connectivity index (χ1v) is 5.90. The molecule has 0 aromatic carbocycles. The van der Waals surface area contributed by atoms with Crippen LogP contribution in [0.2, 0.25) is 0 Å². The average molecular weight is 340 g/mol. The molecule has 1 aromatic rings. The Kier molecular flexibility index (Phi) is 4.61. The summed E-state index contributed by atoms with van der Waals surface area (Å²) < 4.78 is 25.7. The largest absolute Gasteiger partial charge is 0.264 e. The molecular weight excluding hydrogens is 334 g/mol. The number of halogens is 4. The van der Waals surface area contributed by atoms with Gasteiger partial charge in [-0.2, -0.15) is 5.26 Å². The Morgan fingerprint density at radius 2 is 2.20 bits per heavy atom. The lowest BCUT2D eigenvalue weighted by atomic mass is 10.1. The summed E-state index contributed by atoms with van der Waals surface area (Å²) in [5.41, 5.74) is 0.643. The van der Waals surface area contributed by atoms with Crippen molar-refractivity contribution in [2.24, 2.45) is 0 Å². The maximum Gasteiger partial charge on any atom is 0.264 e. The van der Waals surface area contributed by atoms with Gasteiger partial charge >= 0.3 is 0 Å². The maximum atomic E-state index is 12.7. The van der Waals surface area contributed by atoms with E-state index in [1.165, 1.54) is 6.07 Å². The number of nitrogens with zero attached hydrogens (tertiary/aromatic N) is 2. The molecule has 0 aliphatic carbocycles. The molecule has 15 heavy (non-hydrogen) atoms. The van der Waals surface area contributed by atoms with Gasteiger partial charge < -0.3 is 0 Å². The van der Waals surface area contributed by atoms with Crippen molar-refractivity contribution in [2.45, 2.75) is 18.2 Å². The zero-order valence-electron chi connectivity index (χ0n) is 7.48. The molecule has 1 rings (SSSR count). The van der Waals surface area contributed by atoms with Crippen LogP contribution >= 0.6 is 31.9 Å². The molecule has 0 atom stereocenters. The van der Waals surface area contributed by atoms with Gasteiger partial charge in [-0.05, 0) is 22.0 Å². The molecule has 1 heterocycles. The molecule has 1 aromatic heterocycles. The Balaban J connectivity index is 3.30. The van der Waals surface area contributed by atoms with Crippen LogP contribution in [0.1, 0.15) is 23.2 Å². The number of alkyl halides is 3. The summed E-state index contributed by atoms with van der Waals surface area (Å²) in [6, 6.07) is 3.16. The summed E-state index contributed by atoms with van der Waals surface area (Å²) in [4.78, 5) is 4.04. The number of rotatable bonds is 3. The maximum absolute atomic E-state index is 12.7. The summed E-state index contributed by atoms with van der Waals surface area (Å²) in [7, 11) is 0. The molecule has 0 spiro atoms. The van der Waals surface area contributed by atoms with E-state index in [2.05, 4.69) is 36.8 Å². The van der Waals surface area contributed by atoms with Crippen molar-refractivity contribution >= 4 is 31.9 Å². The number of pyridine rings is 1. The van der Waals surface area contributed by atoms with Crippen LogP contribution in [0.5, 0.6) is 0 Å². The first-order chi connectivity index (χ1) is 7.10. The number of hydrogen-bond acceptors (Lipinski definition) is 2. The fourth-order valence-electron chi connectivity index (χ4n) is 1.13. The third-order valence-electron chi connectivity index (χ3n) is 1.79. The highest BCUT2D eigenvalue weighted by molar-refractivity contribution is 9.10. The second-order valence-corrected chi connectivity index (χ2v) is 4.05. The van der Waals surface area contributed by atoms with Gasteiger partial charge in [0, 0.05) is 16.5 Å². The van der Waals surface area contributed by atoms with Crippen molar-refractivity contribution in [2.75, 3.05) is 0 Å². The average Bonchev–Trinajstić information content (AvgIpc) is 2.20. The van der Waals surface area contributed by atoms with Crippen LogP contribution in [0.15, 0.2) is 10.7 Å². The predicted octanol–water partition coefficient (Wildman–Crippen LogP) is 3.74. The van der Waals surface area contributed by atoms with Crippen LogP contribution < -0.4 is 0 Å². The van der Waals surface area contributed by atoms with E-state index in [0.29, 0.717) is 15.6 Å². The number of nitriles is 1. The Morgan fingerprint density at radius 1 is 1.53 bits per heavy atom. The van der Waals surface area contributed by atoms with E-state index < -0.39 is 6.43 Å². The molecule has 2 nitrogen and oxygen atoms in total. The molecule has 0 aliphatic rings. The lowest BCUT2D eigenvalue weighted by Crippen LogP contribution is -2.00. The van der Waals surface area contributed by atoms with Gasteiger partial charge in [-0.3, -0.25) is 0 Å². The molecule has 80 valence electrons. The minimum absolute atomic E-state index is 0.0736.